The van der Waals surface area contributed by atoms with Crippen LogP contribution in [-0.2, 0) is 0 Å². The number of nitrogens with zero attached hydrogens (tertiary/aromatic N) is 5. The molecule has 0 aromatic carbocycles. The Bertz CT molecular complexity index is 560. The Hall–Kier alpha value is -2.22. The monoisotopic (exact) mass is 260 g/mol. The third-order valence-electron chi connectivity index (χ3n) is 3.36. The molecule has 2 aromatic rings. The number of rotatable bonds is 4. The lowest BCUT2D eigenvalue weighted by molar-refractivity contribution is 0.304. The number of hydrazine groups is 1. The minimum Gasteiger partial charge on any atom is -0.349 e. The molecule has 0 radical (unpaired) electrons. The molecule has 8 nitrogen and oxygen atoms in total. The van der Waals surface area contributed by atoms with Crippen LogP contribution in [0.2, 0.25) is 0 Å². The van der Waals surface area contributed by atoms with Gasteiger partial charge in [0.2, 0.25) is 17.8 Å². The predicted molar refractivity (Wildman–Crippen MR) is 70.6 cm³/mol. The number of nitrogens with one attached hydrogen (secondary N) is 2. The van der Waals surface area contributed by atoms with Gasteiger partial charge in [-0.15, -0.1) is 0 Å². The zero-order valence-corrected chi connectivity index (χ0v) is 10.7. The van der Waals surface area contributed by atoms with E-state index in [9.17, 15) is 0 Å². The van der Waals surface area contributed by atoms with Crippen molar-refractivity contribution >= 4 is 11.9 Å². The van der Waals surface area contributed by atoms with Crippen molar-refractivity contribution in [3.05, 3.63) is 18.7 Å². The normalized spacial score (nSPS) is 16.7. The van der Waals surface area contributed by atoms with Gasteiger partial charge in [-0.25, -0.2) is 10.8 Å². The molecule has 100 valence electrons. The van der Waals surface area contributed by atoms with Gasteiger partial charge in [-0.1, -0.05) is 0 Å². The van der Waals surface area contributed by atoms with Crippen molar-refractivity contribution in [2.24, 2.45) is 5.84 Å². The molecular weight excluding hydrogens is 244 g/mol. The van der Waals surface area contributed by atoms with Crippen LogP contribution < -0.4 is 16.6 Å². The molecule has 8 heteroatoms. The molecule has 3 rings (SSSR count). The maximum absolute atomic E-state index is 5.40. The van der Waals surface area contributed by atoms with Gasteiger partial charge in [0, 0.05) is 17.9 Å². The van der Waals surface area contributed by atoms with E-state index in [2.05, 4.69) is 37.6 Å². The molecule has 19 heavy (non-hydrogen) atoms. The Morgan fingerprint density at radius 3 is 2.63 bits per heavy atom. The summed E-state index contributed by atoms with van der Waals surface area (Å²) in [5.41, 5.74) is 2.52. The van der Waals surface area contributed by atoms with Crippen molar-refractivity contribution in [3.63, 3.8) is 0 Å². The number of aromatic nitrogens is 5. The van der Waals surface area contributed by atoms with Gasteiger partial charge in [0.15, 0.2) is 0 Å². The molecule has 0 aliphatic heterocycles. The topological polar surface area (TPSA) is 107 Å². The summed E-state index contributed by atoms with van der Waals surface area (Å²) < 4.78 is 1.71. The first-order valence-electron chi connectivity index (χ1n) is 6.18. The molecule has 0 amide bonds. The molecule has 1 aliphatic rings. The molecule has 2 heterocycles. The maximum Gasteiger partial charge on any atom is 0.243 e. The van der Waals surface area contributed by atoms with Crippen molar-refractivity contribution in [1.29, 1.82) is 0 Å². The molecule has 0 bridgehead atoms. The third-order valence-corrected chi connectivity index (χ3v) is 3.36. The highest BCUT2D eigenvalue weighted by Crippen LogP contribution is 2.33. The van der Waals surface area contributed by atoms with Gasteiger partial charge in [0.25, 0.3) is 0 Å². The highest BCUT2D eigenvalue weighted by Gasteiger charge is 2.32. The number of hydrogen-bond donors (Lipinski definition) is 3. The van der Waals surface area contributed by atoms with Crippen molar-refractivity contribution < 1.29 is 0 Å². The molecule has 0 spiro atoms. The zero-order valence-electron chi connectivity index (χ0n) is 10.7. The van der Waals surface area contributed by atoms with Crippen molar-refractivity contribution in [2.75, 3.05) is 10.7 Å². The Morgan fingerprint density at radius 2 is 2.05 bits per heavy atom. The summed E-state index contributed by atoms with van der Waals surface area (Å²) in [5, 5.41) is 3.34. The van der Waals surface area contributed by atoms with Crippen LogP contribution in [0.15, 0.2) is 18.7 Å². The van der Waals surface area contributed by atoms with Crippen molar-refractivity contribution in [2.45, 2.75) is 31.7 Å². The summed E-state index contributed by atoms with van der Waals surface area (Å²) >= 11 is 0. The molecule has 4 N–H and O–H groups in total. The van der Waals surface area contributed by atoms with E-state index in [0.29, 0.717) is 17.8 Å². The number of anilines is 2. The lowest BCUT2D eigenvalue weighted by atomic mass is 9.79. The van der Waals surface area contributed by atoms with Crippen LogP contribution in [0.1, 0.15) is 26.2 Å². The van der Waals surface area contributed by atoms with Gasteiger partial charge in [0.05, 0.1) is 0 Å². The first kappa shape index (κ1) is 11.8. The fraction of sp³-hybridized carbons (Fsp3) is 0.455. The second-order valence-corrected chi connectivity index (χ2v) is 4.94. The summed E-state index contributed by atoms with van der Waals surface area (Å²) in [6.45, 7) is 2.16. The van der Waals surface area contributed by atoms with Gasteiger partial charge in [-0.3, -0.25) is 9.99 Å². The largest absolute Gasteiger partial charge is 0.349 e. The average Bonchev–Trinajstić information content (AvgIpc) is 2.90. The zero-order chi connectivity index (χ0) is 13.3. The van der Waals surface area contributed by atoms with E-state index >= 15 is 0 Å². The fourth-order valence-electron chi connectivity index (χ4n) is 2.08. The minimum atomic E-state index is 0.0689. The quantitative estimate of drug-likeness (QED) is 0.548. The third kappa shape index (κ3) is 2.34. The van der Waals surface area contributed by atoms with E-state index in [1.54, 1.807) is 23.3 Å². The van der Waals surface area contributed by atoms with Crippen molar-refractivity contribution in [3.8, 4) is 5.95 Å². The summed E-state index contributed by atoms with van der Waals surface area (Å²) in [4.78, 5) is 16.8. The van der Waals surface area contributed by atoms with Crippen LogP contribution in [0.5, 0.6) is 0 Å². The standard InChI is InChI=1S/C11H16N8/c1-11(3-2-4-11)17-8-14-9(18-12)16-10(15-8)19-6-5-13-7-19/h5-7H,2-4,12H2,1H3,(H2,14,15,16,17,18). The molecule has 1 aliphatic carbocycles. The van der Waals surface area contributed by atoms with Gasteiger partial charge < -0.3 is 5.32 Å². The molecule has 1 saturated carbocycles. The summed E-state index contributed by atoms with van der Waals surface area (Å²) in [5.74, 6) is 6.72. The first-order valence-corrected chi connectivity index (χ1v) is 6.18. The fourth-order valence-corrected chi connectivity index (χ4v) is 2.08. The van der Waals surface area contributed by atoms with Crippen LogP contribution in [0.25, 0.3) is 5.95 Å². The van der Waals surface area contributed by atoms with Gasteiger partial charge in [0.1, 0.15) is 6.33 Å². The maximum atomic E-state index is 5.40. The van der Waals surface area contributed by atoms with E-state index in [0.717, 1.165) is 12.8 Å². The molecule has 1 fully saturated rings. The van der Waals surface area contributed by atoms with E-state index in [-0.39, 0.29) is 5.54 Å². The van der Waals surface area contributed by atoms with Crippen LogP contribution in [0.3, 0.4) is 0 Å². The van der Waals surface area contributed by atoms with E-state index < -0.39 is 0 Å². The van der Waals surface area contributed by atoms with E-state index in [1.165, 1.54) is 6.42 Å². The van der Waals surface area contributed by atoms with Gasteiger partial charge in [-0.2, -0.15) is 15.0 Å². The van der Waals surface area contributed by atoms with Gasteiger partial charge in [-0.05, 0) is 26.2 Å². The Balaban J connectivity index is 1.93. The van der Waals surface area contributed by atoms with Crippen LogP contribution >= 0.6 is 0 Å². The molecular formula is C11H16N8. The van der Waals surface area contributed by atoms with Crippen LogP contribution in [0.4, 0.5) is 11.9 Å². The highest BCUT2D eigenvalue weighted by atomic mass is 15.4. The minimum absolute atomic E-state index is 0.0689. The van der Waals surface area contributed by atoms with Crippen LogP contribution in [-0.4, -0.2) is 30.0 Å². The number of imidazole rings is 1. The highest BCUT2D eigenvalue weighted by molar-refractivity contribution is 5.39. The summed E-state index contributed by atoms with van der Waals surface area (Å²) in [6, 6.07) is 0. The molecule has 2 aromatic heterocycles. The summed E-state index contributed by atoms with van der Waals surface area (Å²) in [7, 11) is 0. The van der Waals surface area contributed by atoms with E-state index in [4.69, 9.17) is 5.84 Å². The Morgan fingerprint density at radius 1 is 1.26 bits per heavy atom. The molecule has 0 atom stereocenters. The second kappa shape index (κ2) is 4.47. The Kier molecular flexibility index (Phi) is 2.79. The SMILES string of the molecule is CC1(Nc2nc(NN)nc(-n3ccnc3)n2)CCC1. The predicted octanol–water partition coefficient (Wildman–Crippen LogP) is 0.697. The number of nitrogen functional groups attached to an aromatic ring is 1. The average molecular weight is 260 g/mol. The lowest BCUT2D eigenvalue weighted by Gasteiger charge is -2.39. The second-order valence-electron chi connectivity index (χ2n) is 4.94. The van der Waals surface area contributed by atoms with Crippen LogP contribution in [0, 0.1) is 0 Å². The lowest BCUT2D eigenvalue weighted by Crippen LogP contribution is -2.42. The number of hydrogen-bond acceptors (Lipinski definition) is 7. The summed E-state index contributed by atoms with van der Waals surface area (Å²) in [6.07, 6.45) is 8.52. The smallest absolute Gasteiger partial charge is 0.243 e. The molecule has 0 unspecified atom stereocenters. The van der Waals surface area contributed by atoms with E-state index in [1.807, 2.05) is 0 Å². The van der Waals surface area contributed by atoms with Crippen molar-refractivity contribution in [1.82, 2.24) is 24.5 Å². The molecule has 0 saturated heterocycles. The Labute approximate surface area is 110 Å². The van der Waals surface area contributed by atoms with Gasteiger partial charge >= 0.3 is 0 Å². The number of nitrogens with two attached hydrogens (primary N) is 1. The first-order chi connectivity index (χ1) is 9.18.